The Morgan fingerprint density at radius 1 is 0.889 bits per heavy atom. The van der Waals surface area contributed by atoms with Gasteiger partial charge in [0.2, 0.25) is 5.91 Å². The van der Waals surface area contributed by atoms with Gasteiger partial charge in [-0.15, -0.1) is 0 Å². The molecule has 0 saturated heterocycles. The van der Waals surface area contributed by atoms with Crippen molar-refractivity contribution >= 4 is 34.2 Å². The van der Waals surface area contributed by atoms with Crippen molar-refractivity contribution in [3.8, 4) is 11.1 Å². The van der Waals surface area contributed by atoms with Gasteiger partial charge < -0.3 is 5.32 Å². The molecule has 0 saturated carbocycles. The molecule has 1 aliphatic rings. The van der Waals surface area contributed by atoms with Gasteiger partial charge in [-0.2, -0.15) is 0 Å². The van der Waals surface area contributed by atoms with Gasteiger partial charge in [0.1, 0.15) is 0 Å². The lowest BCUT2D eigenvalue weighted by molar-refractivity contribution is -0.114. The normalized spacial score (nSPS) is 13.2. The van der Waals surface area contributed by atoms with E-state index < -0.39 is 0 Å². The predicted molar refractivity (Wildman–Crippen MR) is 105 cm³/mol. The van der Waals surface area contributed by atoms with Crippen LogP contribution in [0.25, 0.3) is 21.9 Å². The standard InChI is InChI=1S/C22H18N2O3/c1-3-24-21(26)18-6-4-5-17-16(11-12-19(20(17)18)22(24)27)14-7-9-15(10-8-14)23-13(2)25/h4-12H,3H2,1-2H3,(H,23,25). The van der Waals surface area contributed by atoms with Crippen molar-refractivity contribution in [1.82, 2.24) is 4.90 Å². The summed E-state index contributed by atoms with van der Waals surface area (Å²) in [5.41, 5.74) is 3.72. The zero-order chi connectivity index (χ0) is 19.1. The Bertz CT molecular complexity index is 1080. The highest BCUT2D eigenvalue weighted by Crippen LogP contribution is 2.36. The third-order valence-electron chi connectivity index (χ3n) is 4.82. The SMILES string of the molecule is CCN1C(=O)c2cccc3c(-c4ccc(NC(C)=O)cc4)ccc(c23)C1=O. The Hall–Kier alpha value is -3.47. The van der Waals surface area contributed by atoms with Crippen molar-refractivity contribution in [2.24, 2.45) is 0 Å². The quantitative estimate of drug-likeness (QED) is 0.718. The van der Waals surface area contributed by atoms with E-state index in [0.29, 0.717) is 23.1 Å². The smallest absolute Gasteiger partial charge is 0.261 e. The number of rotatable bonds is 3. The molecule has 0 atom stereocenters. The second-order valence-electron chi connectivity index (χ2n) is 6.50. The number of anilines is 1. The molecular formula is C22H18N2O3. The summed E-state index contributed by atoms with van der Waals surface area (Å²) in [6.07, 6.45) is 0. The van der Waals surface area contributed by atoms with Crippen LogP contribution in [-0.2, 0) is 4.79 Å². The van der Waals surface area contributed by atoms with E-state index in [1.54, 1.807) is 19.1 Å². The summed E-state index contributed by atoms with van der Waals surface area (Å²) in [4.78, 5) is 37.9. The van der Waals surface area contributed by atoms with E-state index in [4.69, 9.17) is 0 Å². The van der Waals surface area contributed by atoms with Crippen molar-refractivity contribution in [2.75, 3.05) is 11.9 Å². The van der Waals surface area contributed by atoms with Crippen molar-refractivity contribution in [1.29, 1.82) is 0 Å². The molecule has 1 N–H and O–H groups in total. The largest absolute Gasteiger partial charge is 0.326 e. The number of nitrogens with one attached hydrogen (secondary N) is 1. The van der Waals surface area contributed by atoms with Gasteiger partial charge in [0.05, 0.1) is 0 Å². The van der Waals surface area contributed by atoms with E-state index in [0.717, 1.165) is 22.2 Å². The first-order valence-electron chi connectivity index (χ1n) is 8.81. The maximum absolute atomic E-state index is 12.7. The van der Waals surface area contributed by atoms with Crippen LogP contribution < -0.4 is 5.32 Å². The fourth-order valence-electron chi connectivity index (χ4n) is 3.62. The van der Waals surface area contributed by atoms with Crippen LogP contribution in [0.2, 0.25) is 0 Å². The van der Waals surface area contributed by atoms with Gasteiger partial charge in [-0.3, -0.25) is 19.3 Å². The Labute approximate surface area is 156 Å². The molecule has 3 aromatic rings. The lowest BCUT2D eigenvalue weighted by Crippen LogP contribution is -2.40. The van der Waals surface area contributed by atoms with Crippen molar-refractivity contribution in [2.45, 2.75) is 13.8 Å². The molecule has 3 aromatic carbocycles. The van der Waals surface area contributed by atoms with E-state index in [2.05, 4.69) is 5.32 Å². The minimum absolute atomic E-state index is 0.123. The van der Waals surface area contributed by atoms with Crippen molar-refractivity contribution in [3.05, 3.63) is 65.7 Å². The van der Waals surface area contributed by atoms with Crippen LogP contribution in [0.15, 0.2) is 54.6 Å². The van der Waals surface area contributed by atoms with E-state index >= 15 is 0 Å². The summed E-state index contributed by atoms with van der Waals surface area (Å²) in [5, 5.41) is 4.33. The first-order chi connectivity index (χ1) is 13.0. The molecule has 3 amide bonds. The fourth-order valence-corrected chi connectivity index (χ4v) is 3.62. The van der Waals surface area contributed by atoms with Crippen LogP contribution >= 0.6 is 0 Å². The molecule has 0 aliphatic carbocycles. The van der Waals surface area contributed by atoms with Crippen molar-refractivity contribution < 1.29 is 14.4 Å². The van der Waals surface area contributed by atoms with Gasteiger partial charge in [-0.25, -0.2) is 0 Å². The van der Waals surface area contributed by atoms with Crippen LogP contribution in [0.3, 0.4) is 0 Å². The van der Waals surface area contributed by atoms with Gasteiger partial charge >= 0.3 is 0 Å². The first kappa shape index (κ1) is 17.0. The molecule has 1 aliphatic heterocycles. The maximum Gasteiger partial charge on any atom is 0.261 e. The van der Waals surface area contributed by atoms with Gasteiger partial charge in [0.15, 0.2) is 0 Å². The summed E-state index contributed by atoms with van der Waals surface area (Å²) in [6, 6.07) is 16.8. The average molecular weight is 358 g/mol. The molecule has 134 valence electrons. The molecule has 27 heavy (non-hydrogen) atoms. The third-order valence-corrected chi connectivity index (χ3v) is 4.82. The summed E-state index contributed by atoms with van der Waals surface area (Å²) >= 11 is 0. The zero-order valence-corrected chi connectivity index (χ0v) is 15.1. The monoisotopic (exact) mass is 358 g/mol. The van der Waals surface area contributed by atoms with Crippen LogP contribution in [0.4, 0.5) is 5.69 Å². The maximum atomic E-state index is 12.7. The molecule has 0 radical (unpaired) electrons. The summed E-state index contributed by atoms with van der Waals surface area (Å²) in [5.74, 6) is -0.626. The molecule has 5 nitrogen and oxygen atoms in total. The van der Waals surface area contributed by atoms with Crippen LogP contribution in [0.1, 0.15) is 34.6 Å². The van der Waals surface area contributed by atoms with Crippen LogP contribution in [0, 0.1) is 0 Å². The van der Waals surface area contributed by atoms with E-state index in [9.17, 15) is 14.4 Å². The Morgan fingerprint density at radius 2 is 1.52 bits per heavy atom. The predicted octanol–water partition coefficient (Wildman–Crippen LogP) is 4.08. The molecule has 0 aromatic heterocycles. The molecule has 0 bridgehead atoms. The number of hydrogen-bond acceptors (Lipinski definition) is 3. The first-order valence-corrected chi connectivity index (χ1v) is 8.81. The molecule has 0 unspecified atom stereocenters. The highest BCUT2D eigenvalue weighted by molar-refractivity contribution is 6.26. The number of amides is 3. The Kier molecular flexibility index (Phi) is 4.00. The lowest BCUT2D eigenvalue weighted by atomic mass is 9.89. The highest BCUT2D eigenvalue weighted by atomic mass is 16.2. The number of carbonyl (C=O) groups is 3. The topological polar surface area (TPSA) is 66.5 Å². The lowest BCUT2D eigenvalue weighted by Gasteiger charge is -2.26. The highest BCUT2D eigenvalue weighted by Gasteiger charge is 2.32. The minimum Gasteiger partial charge on any atom is -0.326 e. The Morgan fingerprint density at radius 3 is 2.15 bits per heavy atom. The van der Waals surface area contributed by atoms with Gasteiger partial charge in [-0.05, 0) is 47.7 Å². The molecule has 0 fully saturated rings. The van der Waals surface area contributed by atoms with E-state index in [-0.39, 0.29) is 17.7 Å². The molecule has 0 spiro atoms. The molecule has 1 heterocycles. The van der Waals surface area contributed by atoms with E-state index in [1.807, 2.05) is 42.5 Å². The van der Waals surface area contributed by atoms with E-state index in [1.165, 1.54) is 11.8 Å². The minimum atomic E-state index is -0.251. The van der Waals surface area contributed by atoms with Crippen molar-refractivity contribution in [3.63, 3.8) is 0 Å². The van der Waals surface area contributed by atoms with Crippen LogP contribution in [-0.4, -0.2) is 29.2 Å². The number of carbonyl (C=O) groups excluding carboxylic acids is 3. The second kappa shape index (κ2) is 6.36. The molecule has 5 heteroatoms. The summed E-state index contributed by atoms with van der Waals surface area (Å²) in [6.45, 7) is 3.61. The number of imide groups is 1. The van der Waals surface area contributed by atoms with Gasteiger partial charge in [0, 0.05) is 35.7 Å². The summed E-state index contributed by atoms with van der Waals surface area (Å²) < 4.78 is 0. The molecular weight excluding hydrogens is 340 g/mol. The van der Waals surface area contributed by atoms with Gasteiger partial charge in [0.25, 0.3) is 11.8 Å². The average Bonchev–Trinajstić information content (AvgIpc) is 2.66. The third kappa shape index (κ3) is 2.68. The summed E-state index contributed by atoms with van der Waals surface area (Å²) in [7, 11) is 0. The number of nitrogens with zero attached hydrogens (tertiary/aromatic N) is 1. The Balaban J connectivity index is 1.89. The second-order valence-corrected chi connectivity index (χ2v) is 6.50. The number of hydrogen-bond donors (Lipinski definition) is 1. The van der Waals surface area contributed by atoms with Gasteiger partial charge in [-0.1, -0.05) is 30.3 Å². The zero-order valence-electron chi connectivity index (χ0n) is 15.1. The fraction of sp³-hybridized carbons (Fsp3) is 0.136. The number of benzene rings is 3. The van der Waals surface area contributed by atoms with Crippen LogP contribution in [0.5, 0.6) is 0 Å². The molecule has 4 rings (SSSR count).